The van der Waals surface area contributed by atoms with E-state index in [9.17, 15) is 13.2 Å². The minimum atomic E-state index is -4.55. The lowest BCUT2D eigenvalue weighted by Gasteiger charge is -2.29. The van der Waals surface area contributed by atoms with Gasteiger partial charge in [0.15, 0.2) is 5.82 Å². The van der Waals surface area contributed by atoms with Gasteiger partial charge >= 0.3 is 6.18 Å². The highest BCUT2D eigenvalue weighted by Crippen LogP contribution is 2.38. The van der Waals surface area contributed by atoms with Gasteiger partial charge in [0.05, 0.1) is 30.0 Å². The summed E-state index contributed by atoms with van der Waals surface area (Å²) in [5.74, 6) is 1.14. The Morgan fingerprint density at radius 3 is 2.52 bits per heavy atom. The highest BCUT2D eigenvalue weighted by molar-refractivity contribution is 5.99. The summed E-state index contributed by atoms with van der Waals surface area (Å²) < 4.78 is 46.7. The van der Waals surface area contributed by atoms with Crippen LogP contribution in [-0.4, -0.2) is 51.5 Å². The van der Waals surface area contributed by atoms with Crippen LogP contribution >= 0.6 is 0 Å². The van der Waals surface area contributed by atoms with Crippen LogP contribution < -0.4 is 10.2 Å². The Morgan fingerprint density at radius 1 is 1.00 bits per heavy atom. The number of alkyl halides is 3. The number of anilines is 3. The zero-order chi connectivity index (χ0) is 23.0. The number of halogens is 3. The van der Waals surface area contributed by atoms with E-state index in [1.165, 1.54) is 18.2 Å². The van der Waals surface area contributed by atoms with Gasteiger partial charge in [-0.25, -0.2) is 9.97 Å². The Hall–Kier alpha value is -3.73. The second kappa shape index (κ2) is 8.32. The smallest absolute Gasteiger partial charge is 0.378 e. The molecule has 1 fully saturated rings. The van der Waals surface area contributed by atoms with Crippen LogP contribution in [0, 0.1) is 6.92 Å². The van der Waals surface area contributed by atoms with Crippen molar-refractivity contribution >= 4 is 28.4 Å². The van der Waals surface area contributed by atoms with Gasteiger partial charge in [-0.2, -0.15) is 18.2 Å². The molecule has 11 heteroatoms. The molecule has 0 saturated carbocycles. The fraction of sp³-hybridized carbons (Fsp3) is 0.273. The van der Waals surface area contributed by atoms with Crippen LogP contribution in [0.1, 0.15) is 11.4 Å². The number of para-hydroxylation sites is 1. The van der Waals surface area contributed by atoms with Gasteiger partial charge in [-0.15, -0.1) is 5.10 Å². The maximum atomic E-state index is 13.8. The molecule has 0 bridgehead atoms. The Morgan fingerprint density at radius 2 is 1.79 bits per heavy atom. The van der Waals surface area contributed by atoms with E-state index in [1.54, 1.807) is 6.92 Å². The van der Waals surface area contributed by atoms with Gasteiger partial charge in [-0.05, 0) is 25.1 Å². The first-order valence-electron chi connectivity index (χ1n) is 10.4. The average Bonchev–Trinajstić information content (AvgIpc) is 3.23. The SMILES string of the molecule is Cc1nc(Nc2nc(-c3ccccc3C(F)(F)F)nc3c(N4CCOCC4)cccc23)n[nH]1. The predicted octanol–water partition coefficient (Wildman–Crippen LogP) is 4.32. The molecule has 4 aromatic rings. The van der Waals surface area contributed by atoms with E-state index < -0.39 is 11.7 Å². The number of ether oxygens (including phenoxy) is 1. The van der Waals surface area contributed by atoms with Crippen LogP contribution in [0.15, 0.2) is 42.5 Å². The summed E-state index contributed by atoms with van der Waals surface area (Å²) >= 11 is 0. The topological polar surface area (TPSA) is 91.8 Å². The molecule has 170 valence electrons. The summed E-state index contributed by atoms with van der Waals surface area (Å²) in [6.45, 7) is 4.18. The molecule has 1 saturated heterocycles. The number of rotatable bonds is 4. The average molecular weight is 455 g/mol. The molecule has 3 heterocycles. The summed E-state index contributed by atoms with van der Waals surface area (Å²) in [6.07, 6.45) is -4.55. The second-order valence-corrected chi connectivity index (χ2v) is 7.58. The number of fused-ring (bicyclic) bond motifs is 1. The molecule has 0 amide bonds. The number of benzene rings is 2. The monoisotopic (exact) mass is 455 g/mol. The molecule has 0 unspecified atom stereocenters. The molecule has 0 radical (unpaired) electrons. The number of aryl methyl sites for hydroxylation is 1. The van der Waals surface area contributed by atoms with Gasteiger partial charge in [0, 0.05) is 24.0 Å². The van der Waals surface area contributed by atoms with Crippen LogP contribution in [0.4, 0.5) is 30.6 Å². The zero-order valence-electron chi connectivity index (χ0n) is 17.6. The first kappa shape index (κ1) is 21.1. The number of aromatic nitrogens is 5. The highest BCUT2D eigenvalue weighted by atomic mass is 19.4. The number of morpholine rings is 1. The predicted molar refractivity (Wildman–Crippen MR) is 117 cm³/mol. The van der Waals surface area contributed by atoms with Crippen molar-refractivity contribution in [2.75, 3.05) is 36.5 Å². The van der Waals surface area contributed by atoms with E-state index >= 15 is 0 Å². The summed E-state index contributed by atoms with van der Waals surface area (Å²) in [6, 6.07) is 10.9. The molecule has 2 N–H and O–H groups in total. The van der Waals surface area contributed by atoms with Crippen LogP contribution in [-0.2, 0) is 10.9 Å². The number of hydrogen-bond donors (Lipinski definition) is 2. The van der Waals surface area contributed by atoms with Gasteiger partial charge in [-0.1, -0.05) is 24.3 Å². The fourth-order valence-corrected chi connectivity index (χ4v) is 3.84. The number of aromatic amines is 1. The quantitative estimate of drug-likeness (QED) is 0.473. The number of hydrogen-bond acceptors (Lipinski definition) is 7. The van der Waals surface area contributed by atoms with Crippen molar-refractivity contribution in [1.82, 2.24) is 25.1 Å². The van der Waals surface area contributed by atoms with Crippen molar-refractivity contribution in [3.63, 3.8) is 0 Å². The molecular formula is C22H20F3N7O. The van der Waals surface area contributed by atoms with Crippen molar-refractivity contribution in [3.05, 3.63) is 53.9 Å². The minimum absolute atomic E-state index is 0.0362. The lowest BCUT2D eigenvalue weighted by atomic mass is 10.1. The third-order valence-corrected chi connectivity index (χ3v) is 5.36. The van der Waals surface area contributed by atoms with Gasteiger partial charge < -0.3 is 15.0 Å². The minimum Gasteiger partial charge on any atom is -0.378 e. The van der Waals surface area contributed by atoms with E-state index in [0.717, 1.165) is 11.8 Å². The Kier molecular flexibility index (Phi) is 5.33. The molecule has 1 aliphatic heterocycles. The number of H-pyrrole nitrogens is 1. The van der Waals surface area contributed by atoms with E-state index in [0.29, 0.717) is 48.8 Å². The zero-order valence-corrected chi connectivity index (χ0v) is 17.6. The Labute approximate surface area is 186 Å². The van der Waals surface area contributed by atoms with E-state index in [-0.39, 0.29) is 17.3 Å². The Balaban J connectivity index is 1.73. The van der Waals surface area contributed by atoms with Crippen molar-refractivity contribution in [1.29, 1.82) is 0 Å². The third kappa shape index (κ3) is 4.19. The van der Waals surface area contributed by atoms with Gasteiger partial charge in [0.25, 0.3) is 0 Å². The lowest BCUT2D eigenvalue weighted by molar-refractivity contribution is -0.137. The molecular weight excluding hydrogens is 435 g/mol. The van der Waals surface area contributed by atoms with Crippen LogP contribution in [0.25, 0.3) is 22.3 Å². The van der Waals surface area contributed by atoms with Crippen LogP contribution in [0.5, 0.6) is 0 Å². The number of nitrogens with one attached hydrogen (secondary N) is 2. The van der Waals surface area contributed by atoms with E-state index in [2.05, 4.69) is 35.4 Å². The second-order valence-electron chi connectivity index (χ2n) is 7.58. The van der Waals surface area contributed by atoms with Crippen LogP contribution in [0.2, 0.25) is 0 Å². The molecule has 0 aliphatic carbocycles. The van der Waals surface area contributed by atoms with Gasteiger partial charge in [0.2, 0.25) is 5.95 Å². The molecule has 0 atom stereocenters. The standard InChI is InChI=1S/C22H20F3N7O/c1-13-26-21(31-30-13)29-20-15-6-4-8-17(32-9-11-33-12-10-32)18(15)27-19(28-20)14-5-2-3-7-16(14)22(23,24)25/h2-8H,9-12H2,1H3,(H2,26,27,28,29,30,31). The highest BCUT2D eigenvalue weighted by Gasteiger charge is 2.34. The van der Waals surface area contributed by atoms with Crippen LogP contribution in [0.3, 0.4) is 0 Å². The van der Waals surface area contributed by atoms with Crippen molar-refractivity contribution in [2.45, 2.75) is 13.1 Å². The third-order valence-electron chi connectivity index (χ3n) is 5.36. The lowest BCUT2D eigenvalue weighted by Crippen LogP contribution is -2.36. The summed E-state index contributed by atoms with van der Waals surface area (Å²) in [5, 5.41) is 10.5. The molecule has 8 nitrogen and oxygen atoms in total. The van der Waals surface area contributed by atoms with Gasteiger partial charge in [0.1, 0.15) is 11.6 Å². The summed E-state index contributed by atoms with van der Waals surface area (Å²) in [7, 11) is 0. The maximum absolute atomic E-state index is 13.8. The van der Waals surface area contributed by atoms with Crippen molar-refractivity contribution in [3.8, 4) is 11.4 Å². The van der Waals surface area contributed by atoms with Crippen molar-refractivity contribution in [2.24, 2.45) is 0 Å². The van der Waals surface area contributed by atoms with Crippen molar-refractivity contribution < 1.29 is 17.9 Å². The molecule has 1 aliphatic rings. The Bertz CT molecular complexity index is 1300. The molecule has 5 rings (SSSR count). The van der Waals surface area contributed by atoms with E-state index in [4.69, 9.17) is 4.74 Å². The van der Waals surface area contributed by atoms with E-state index in [1.807, 2.05) is 18.2 Å². The number of nitrogens with zero attached hydrogens (tertiary/aromatic N) is 5. The molecule has 2 aromatic heterocycles. The molecule has 0 spiro atoms. The molecule has 33 heavy (non-hydrogen) atoms. The van der Waals surface area contributed by atoms with Gasteiger partial charge in [-0.3, -0.25) is 5.10 Å². The fourth-order valence-electron chi connectivity index (χ4n) is 3.84. The normalized spacial score (nSPS) is 14.6. The first-order chi connectivity index (χ1) is 15.9. The summed E-state index contributed by atoms with van der Waals surface area (Å²) in [5.41, 5.74) is 0.445. The first-order valence-corrected chi connectivity index (χ1v) is 10.4. The maximum Gasteiger partial charge on any atom is 0.417 e. The summed E-state index contributed by atoms with van der Waals surface area (Å²) in [4.78, 5) is 15.4. The molecule has 2 aromatic carbocycles. The largest absolute Gasteiger partial charge is 0.417 e.